The number of pyridine rings is 1. The molecule has 2 aliphatic heterocycles. The van der Waals surface area contributed by atoms with Gasteiger partial charge in [-0.05, 0) is 62.5 Å². The molecule has 1 atom stereocenters. The summed E-state index contributed by atoms with van der Waals surface area (Å²) in [7, 11) is -0.982. The van der Waals surface area contributed by atoms with Crippen molar-refractivity contribution >= 4 is 32.4 Å². The molecule has 164 valence electrons. The van der Waals surface area contributed by atoms with Crippen molar-refractivity contribution in [3.63, 3.8) is 0 Å². The van der Waals surface area contributed by atoms with Gasteiger partial charge in [-0.25, -0.2) is 13.4 Å². The van der Waals surface area contributed by atoms with Crippen LogP contribution in [0.15, 0.2) is 53.6 Å². The normalized spacial score (nSPS) is 20.6. The molecular weight excluding hydrogens is 410 g/mol. The highest BCUT2D eigenvalue weighted by Gasteiger charge is 2.24. The van der Waals surface area contributed by atoms with Gasteiger partial charge in [0.05, 0.1) is 4.90 Å². The Morgan fingerprint density at radius 1 is 0.903 bits per heavy atom. The molecule has 0 aliphatic carbocycles. The summed E-state index contributed by atoms with van der Waals surface area (Å²) in [6, 6.07) is 14.2. The maximum Gasteiger partial charge on any atom is 0.175 e. The molecule has 0 N–H and O–H groups in total. The van der Waals surface area contributed by atoms with Crippen LogP contribution in [-0.4, -0.2) is 75.4 Å². The number of fused-ring (bicyclic) bond motifs is 1. The molecular formula is C23H29N5O2S. The Labute approximate surface area is 183 Å². The number of benzene rings is 1. The average molecular weight is 440 g/mol. The molecule has 2 fully saturated rings. The molecule has 7 nitrogen and oxygen atoms in total. The van der Waals surface area contributed by atoms with Crippen molar-refractivity contribution in [1.29, 1.82) is 0 Å². The van der Waals surface area contributed by atoms with Crippen LogP contribution in [0.1, 0.15) is 12.5 Å². The predicted molar refractivity (Wildman–Crippen MR) is 125 cm³/mol. The molecule has 4 heterocycles. The molecule has 0 bridgehead atoms. The van der Waals surface area contributed by atoms with E-state index in [9.17, 15) is 8.42 Å². The Kier molecular flexibility index (Phi) is 5.14. The zero-order chi connectivity index (χ0) is 21.6. The molecule has 31 heavy (non-hydrogen) atoms. The fraction of sp³-hybridized carbons (Fsp3) is 0.435. The Bertz CT molecular complexity index is 1180. The first-order valence-electron chi connectivity index (χ1n) is 10.8. The molecule has 1 unspecified atom stereocenters. The predicted octanol–water partition coefficient (Wildman–Crippen LogP) is 2.64. The molecule has 2 aromatic heterocycles. The van der Waals surface area contributed by atoms with Crippen molar-refractivity contribution in [2.45, 2.75) is 17.4 Å². The Balaban J connectivity index is 1.30. The van der Waals surface area contributed by atoms with Gasteiger partial charge in [-0.3, -0.25) is 0 Å². The van der Waals surface area contributed by atoms with E-state index >= 15 is 0 Å². The summed E-state index contributed by atoms with van der Waals surface area (Å²) in [5.74, 6) is 1.03. The second-order valence-corrected chi connectivity index (χ2v) is 10.8. The third-order valence-electron chi connectivity index (χ3n) is 6.54. The number of aromatic nitrogens is 2. The zero-order valence-corrected chi connectivity index (χ0v) is 18.9. The monoisotopic (exact) mass is 439 g/mol. The molecule has 3 aromatic rings. The Morgan fingerprint density at radius 3 is 2.26 bits per heavy atom. The molecule has 0 radical (unpaired) electrons. The van der Waals surface area contributed by atoms with Crippen LogP contribution in [0.3, 0.4) is 0 Å². The summed E-state index contributed by atoms with van der Waals surface area (Å²) in [4.78, 5) is 12.4. The van der Waals surface area contributed by atoms with Crippen molar-refractivity contribution in [1.82, 2.24) is 14.5 Å². The third kappa shape index (κ3) is 4.02. The third-order valence-corrected chi connectivity index (χ3v) is 7.67. The highest BCUT2D eigenvalue weighted by atomic mass is 32.2. The van der Waals surface area contributed by atoms with E-state index in [1.54, 1.807) is 12.1 Å². The highest BCUT2D eigenvalue weighted by Crippen LogP contribution is 2.28. The largest absolute Gasteiger partial charge is 0.368 e. The Hall–Kier alpha value is -2.58. The van der Waals surface area contributed by atoms with Crippen LogP contribution in [0.2, 0.25) is 0 Å². The van der Waals surface area contributed by atoms with E-state index in [1.807, 2.05) is 12.1 Å². The van der Waals surface area contributed by atoms with Crippen molar-refractivity contribution in [3.05, 3.63) is 48.7 Å². The number of likely N-dealkylation sites (N-methyl/N-ethyl adjacent to an activating group) is 1. The molecule has 0 spiro atoms. The van der Waals surface area contributed by atoms with Crippen LogP contribution in [0.4, 0.5) is 11.5 Å². The first-order chi connectivity index (χ1) is 14.9. The molecule has 1 aromatic carbocycles. The average Bonchev–Trinajstić information content (AvgIpc) is 3.38. The second-order valence-electron chi connectivity index (χ2n) is 8.75. The Morgan fingerprint density at radius 2 is 1.61 bits per heavy atom. The fourth-order valence-electron chi connectivity index (χ4n) is 4.72. The van der Waals surface area contributed by atoms with Gasteiger partial charge in [0.15, 0.2) is 9.84 Å². The van der Waals surface area contributed by atoms with E-state index in [-0.39, 0.29) is 0 Å². The fourth-order valence-corrected chi connectivity index (χ4v) is 5.36. The van der Waals surface area contributed by atoms with Gasteiger partial charge in [-0.15, -0.1) is 0 Å². The molecule has 0 saturated carbocycles. The van der Waals surface area contributed by atoms with Crippen molar-refractivity contribution in [2.24, 2.45) is 0 Å². The molecule has 2 aliphatic rings. The smallest absolute Gasteiger partial charge is 0.175 e. The topological polar surface area (TPSA) is 61.7 Å². The quantitative estimate of drug-likeness (QED) is 0.623. The van der Waals surface area contributed by atoms with Crippen LogP contribution < -0.4 is 9.80 Å². The van der Waals surface area contributed by atoms with Crippen molar-refractivity contribution < 1.29 is 8.42 Å². The van der Waals surface area contributed by atoms with Gasteiger partial charge in [0.25, 0.3) is 0 Å². The number of sulfone groups is 1. The van der Waals surface area contributed by atoms with Crippen molar-refractivity contribution in [2.75, 3.05) is 62.4 Å². The lowest BCUT2D eigenvalue weighted by Crippen LogP contribution is -2.46. The van der Waals surface area contributed by atoms with Gasteiger partial charge < -0.3 is 19.3 Å². The first kappa shape index (κ1) is 20.3. The maximum absolute atomic E-state index is 11.7. The standard InChI is InChI=1S/C23H29N5O2S/c1-25-11-10-20(17-25)28-12-9-18-3-8-22(24-23(18)28)27-15-13-26(14-16-27)19-4-6-21(7-5-19)31(2,29)30/h3-9,12,20H,10-11,13-17H2,1-2H3. The number of likely N-dealkylation sites (tertiary alicyclic amines) is 1. The molecule has 0 amide bonds. The molecule has 5 rings (SSSR count). The van der Waals surface area contributed by atoms with Crippen LogP contribution in [0.5, 0.6) is 0 Å². The highest BCUT2D eigenvalue weighted by molar-refractivity contribution is 7.90. The van der Waals surface area contributed by atoms with Crippen LogP contribution in [0.25, 0.3) is 11.0 Å². The van der Waals surface area contributed by atoms with Gasteiger partial charge in [0.1, 0.15) is 11.5 Å². The summed E-state index contributed by atoms with van der Waals surface area (Å²) in [6.45, 7) is 5.75. The first-order valence-corrected chi connectivity index (χ1v) is 12.7. The summed E-state index contributed by atoms with van der Waals surface area (Å²) < 4.78 is 25.7. The molecule has 8 heteroatoms. The number of piperazine rings is 1. The van der Waals surface area contributed by atoms with Crippen LogP contribution in [0, 0.1) is 0 Å². The van der Waals surface area contributed by atoms with E-state index in [1.165, 1.54) is 18.1 Å². The maximum atomic E-state index is 11.7. The van der Waals surface area contributed by atoms with Gasteiger partial charge in [0, 0.05) is 62.3 Å². The minimum absolute atomic E-state index is 0.365. The van der Waals surface area contributed by atoms with E-state index < -0.39 is 9.84 Å². The summed E-state index contributed by atoms with van der Waals surface area (Å²) >= 11 is 0. The number of nitrogens with zero attached hydrogens (tertiary/aromatic N) is 5. The van der Waals surface area contributed by atoms with Gasteiger partial charge in [-0.1, -0.05) is 0 Å². The number of rotatable bonds is 4. The minimum atomic E-state index is -3.16. The SMILES string of the molecule is CN1CCC(n2ccc3ccc(N4CCN(c5ccc(S(C)(=O)=O)cc5)CC4)nc32)C1. The number of anilines is 2. The zero-order valence-electron chi connectivity index (χ0n) is 18.1. The van der Waals surface area contributed by atoms with Gasteiger partial charge in [0.2, 0.25) is 0 Å². The van der Waals surface area contributed by atoms with E-state index in [2.05, 4.69) is 50.7 Å². The lowest BCUT2D eigenvalue weighted by atomic mass is 10.2. The van der Waals surface area contributed by atoms with Gasteiger partial charge in [-0.2, -0.15) is 0 Å². The molecule has 2 saturated heterocycles. The lowest BCUT2D eigenvalue weighted by molar-refractivity contribution is 0.395. The summed E-state index contributed by atoms with van der Waals surface area (Å²) in [5.41, 5.74) is 2.14. The second kappa shape index (κ2) is 7.84. The van der Waals surface area contributed by atoms with Crippen molar-refractivity contribution in [3.8, 4) is 0 Å². The number of hydrogen-bond donors (Lipinski definition) is 0. The lowest BCUT2D eigenvalue weighted by Gasteiger charge is -2.36. The summed E-state index contributed by atoms with van der Waals surface area (Å²) in [5, 5.41) is 1.20. The number of hydrogen-bond acceptors (Lipinski definition) is 6. The van der Waals surface area contributed by atoms with E-state index in [4.69, 9.17) is 4.98 Å². The summed E-state index contributed by atoms with van der Waals surface area (Å²) in [6.07, 6.45) is 4.60. The van der Waals surface area contributed by atoms with E-state index in [0.717, 1.165) is 56.4 Å². The minimum Gasteiger partial charge on any atom is -0.368 e. The van der Waals surface area contributed by atoms with Crippen LogP contribution in [-0.2, 0) is 9.84 Å². The van der Waals surface area contributed by atoms with E-state index in [0.29, 0.717) is 10.9 Å². The van der Waals surface area contributed by atoms with Gasteiger partial charge >= 0.3 is 0 Å². The van der Waals surface area contributed by atoms with Crippen LogP contribution >= 0.6 is 0 Å².